The summed E-state index contributed by atoms with van der Waals surface area (Å²) in [7, 11) is 0. The quantitative estimate of drug-likeness (QED) is 0.637. The minimum atomic E-state index is -0.323. The van der Waals surface area contributed by atoms with Gasteiger partial charge in [-0.25, -0.2) is 0 Å². The first-order valence-corrected chi connectivity index (χ1v) is 7.16. The van der Waals surface area contributed by atoms with Crippen LogP contribution >= 0.6 is 0 Å². The molecule has 0 aliphatic carbocycles. The van der Waals surface area contributed by atoms with Gasteiger partial charge in [0.25, 0.3) is 5.69 Å². The molecule has 0 spiro atoms. The summed E-state index contributed by atoms with van der Waals surface area (Å²) in [5, 5.41) is 12.0. The molecular weight excluding hydrogens is 254 g/mol. The van der Waals surface area contributed by atoms with Crippen molar-refractivity contribution in [3.63, 3.8) is 0 Å². The fourth-order valence-electron chi connectivity index (χ4n) is 3.08. The molecule has 1 aliphatic heterocycles. The van der Waals surface area contributed by atoms with Gasteiger partial charge in [0.15, 0.2) is 0 Å². The van der Waals surface area contributed by atoms with Crippen molar-refractivity contribution >= 4 is 16.6 Å². The van der Waals surface area contributed by atoms with E-state index in [4.69, 9.17) is 0 Å². The van der Waals surface area contributed by atoms with E-state index in [0.717, 1.165) is 43.4 Å². The Hall–Kier alpha value is -1.88. The number of non-ortho nitro benzene ring substituents is 1. The van der Waals surface area contributed by atoms with Crippen molar-refractivity contribution < 1.29 is 4.92 Å². The van der Waals surface area contributed by atoms with E-state index in [9.17, 15) is 10.1 Å². The largest absolute Gasteiger partial charge is 0.344 e. The van der Waals surface area contributed by atoms with Crippen molar-refractivity contribution in [3.05, 3.63) is 40.6 Å². The second kappa shape index (κ2) is 5.25. The third-order valence-electron chi connectivity index (χ3n) is 4.32. The van der Waals surface area contributed by atoms with Gasteiger partial charge in [-0.3, -0.25) is 10.1 Å². The number of piperidine rings is 1. The molecule has 0 saturated carbocycles. The first kappa shape index (κ1) is 13.1. The Morgan fingerprint density at radius 3 is 2.70 bits per heavy atom. The number of likely N-dealkylation sites (tertiary alicyclic amines) is 1. The molecule has 0 unspecified atom stereocenters. The number of fused-ring (bicyclic) bond motifs is 1. The highest BCUT2D eigenvalue weighted by Crippen LogP contribution is 2.29. The number of hydrogen-bond donors (Lipinski definition) is 0. The fourth-order valence-corrected chi connectivity index (χ4v) is 3.08. The molecule has 2 aromatic rings. The van der Waals surface area contributed by atoms with Crippen LogP contribution in [0.15, 0.2) is 30.5 Å². The molecule has 0 radical (unpaired) electrons. The van der Waals surface area contributed by atoms with E-state index >= 15 is 0 Å². The molecule has 1 aromatic carbocycles. The molecular formula is C15H19N3O2. The maximum absolute atomic E-state index is 10.9. The molecule has 2 heterocycles. The molecule has 1 aliphatic rings. The summed E-state index contributed by atoms with van der Waals surface area (Å²) in [6, 6.07) is 7.61. The number of nitro benzene ring substituents is 1. The maximum Gasteiger partial charge on any atom is 0.271 e. The Kier molecular flexibility index (Phi) is 3.44. The lowest BCUT2D eigenvalue weighted by Gasteiger charge is -2.32. The number of benzene rings is 1. The molecule has 0 atom stereocenters. The lowest BCUT2D eigenvalue weighted by molar-refractivity contribution is -0.384. The predicted octanol–water partition coefficient (Wildman–Crippen LogP) is 3.21. The van der Waals surface area contributed by atoms with E-state index in [2.05, 4.69) is 22.6 Å². The first-order chi connectivity index (χ1) is 9.69. The molecule has 5 heteroatoms. The smallest absolute Gasteiger partial charge is 0.271 e. The third kappa shape index (κ3) is 2.29. The van der Waals surface area contributed by atoms with E-state index in [1.165, 1.54) is 0 Å². The van der Waals surface area contributed by atoms with Gasteiger partial charge in [0.05, 0.1) is 10.4 Å². The molecule has 1 fully saturated rings. The molecule has 106 valence electrons. The summed E-state index contributed by atoms with van der Waals surface area (Å²) >= 11 is 0. The van der Waals surface area contributed by atoms with E-state index in [-0.39, 0.29) is 10.6 Å². The van der Waals surface area contributed by atoms with E-state index in [0.29, 0.717) is 6.04 Å². The summed E-state index contributed by atoms with van der Waals surface area (Å²) in [6.07, 6.45) is 4.29. The fraction of sp³-hybridized carbons (Fsp3) is 0.467. The van der Waals surface area contributed by atoms with E-state index in [1.54, 1.807) is 12.1 Å². The summed E-state index contributed by atoms with van der Waals surface area (Å²) in [6.45, 7) is 5.50. The van der Waals surface area contributed by atoms with Crippen LogP contribution in [0.2, 0.25) is 0 Å². The Labute approximate surface area is 117 Å². The van der Waals surface area contributed by atoms with E-state index in [1.807, 2.05) is 12.1 Å². The highest BCUT2D eigenvalue weighted by Gasteiger charge is 2.21. The first-order valence-electron chi connectivity index (χ1n) is 7.16. The zero-order valence-corrected chi connectivity index (χ0v) is 11.7. The average molecular weight is 273 g/mol. The molecule has 5 nitrogen and oxygen atoms in total. The van der Waals surface area contributed by atoms with Crippen LogP contribution in [0.5, 0.6) is 0 Å². The lowest BCUT2D eigenvalue weighted by Crippen LogP contribution is -2.34. The van der Waals surface area contributed by atoms with Gasteiger partial charge in [-0.1, -0.05) is 6.92 Å². The van der Waals surface area contributed by atoms with Gasteiger partial charge >= 0.3 is 0 Å². The summed E-state index contributed by atoms with van der Waals surface area (Å²) in [5.74, 6) is 0. The Balaban J connectivity index is 1.91. The molecule has 20 heavy (non-hydrogen) atoms. The van der Waals surface area contributed by atoms with Gasteiger partial charge in [-0.05, 0) is 31.5 Å². The Bertz CT molecular complexity index is 627. The highest BCUT2D eigenvalue weighted by molar-refractivity contribution is 5.82. The van der Waals surface area contributed by atoms with Crippen LogP contribution in [-0.2, 0) is 0 Å². The van der Waals surface area contributed by atoms with Crippen molar-refractivity contribution in [3.8, 4) is 0 Å². The van der Waals surface area contributed by atoms with Gasteiger partial charge < -0.3 is 9.47 Å². The van der Waals surface area contributed by atoms with Gasteiger partial charge in [0.2, 0.25) is 0 Å². The van der Waals surface area contributed by atoms with Crippen molar-refractivity contribution in [2.75, 3.05) is 19.6 Å². The van der Waals surface area contributed by atoms with Gasteiger partial charge in [0, 0.05) is 42.8 Å². The second-order valence-electron chi connectivity index (χ2n) is 5.39. The van der Waals surface area contributed by atoms with Crippen molar-refractivity contribution in [1.29, 1.82) is 0 Å². The van der Waals surface area contributed by atoms with Crippen molar-refractivity contribution in [2.45, 2.75) is 25.8 Å². The lowest BCUT2D eigenvalue weighted by atomic mass is 10.0. The van der Waals surface area contributed by atoms with Crippen molar-refractivity contribution in [1.82, 2.24) is 9.47 Å². The molecule has 0 N–H and O–H groups in total. The third-order valence-corrected chi connectivity index (χ3v) is 4.32. The van der Waals surface area contributed by atoms with Gasteiger partial charge in [-0.2, -0.15) is 0 Å². The van der Waals surface area contributed by atoms with Crippen LogP contribution in [0.3, 0.4) is 0 Å². The topological polar surface area (TPSA) is 51.3 Å². The molecule has 0 bridgehead atoms. The van der Waals surface area contributed by atoms with E-state index < -0.39 is 0 Å². The van der Waals surface area contributed by atoms with Gasteiger partial charge in [-0.15, -0.1) is 0 Å². The highest BCUT2D eigenvalue weighted by atomic mass is 16.6. The molecule has 1 saturated heterocycles. The summed E-state index contributed by atoms with van der Waals surface area (Å²) < 4.78 is 2.22. The zero-order chi connectivity index (χ0) is 14.1. The van der Waals surface area contributed by atoms with Crippen LogP contribution in [0.25, 0.3) is 10.9 Å². The number of nitro groups is 1. The minimum Gasteiger partial charge on any atom is -0.344 e. The summed E-state index contributed by atoms with van der Waals surface area (Å²) in [4.78, 5) is 13.1. The Morgan fingerprint density at radius 1 is 1.30 bits per heavy atom. The van der Waals surface area contributed by atoms with Crippen LogP contribution in [0.1, 0.15) is 25.8 Å². The van der Waals surface area contributed by atoms with Crippen LogP contribution < -0.4 is 0 Å². The monoisotopic (exact) mass is 273 g/mol. The number of nitrogens with zero attached hydrogens (tertiary/aromatic N) is 3. The normalized spacial score (nSPS) is 17.6. The van der Waals surface area contributed by atoms with Crippen LogP contribution in [-0.4, -0.2) is 34.0 Å². The second-order valence-corrected chi connectivity index (χ2v) is 5.39. The molecule has 1 aromatic heterocycles. The SMILES string of the molecule is CCN1CCC(n2ccc3ccc([N+](=O)[O-])cc32)CC1. The summed E-state index contributed by atoms with van der Waals surface area (Å²) in [5.41, 5.74) is 1.15. The Morgan fingerprint density at radius 2 is 2.05 bits per heavy atom. The average Bonchev–Trinajstić information content (AvgIpc) is 2.90. The number of rotatable bonds is 3. The molecule has 3 rings (SSSR count). The number of hydrogen-bond acceptors (Lipinski definition) is 3. The van der Waals surface area contributed by atoms with Crippen LogP contribution in [0, 0.1) is 10.1 Å². The van der Waals surface area contributed by atoms with Gasteiger partial charge in [0.1, 0.15) is 0 Å². The van der Waals surface area contributed by atoms with Crippen LogP contribution in [0.4, 0.5) is 5.69 Å². The number of aromatic nitrogens is 1. The van der Waals surface area contributed by atoms with Crippen molar-refractivity contribution in [2.24, 2.45) is 0 Å². The zero-order valence-electron chi connectivity index (χ0n) is 11.7. The predicted molar refractivity (Wildman–Crippen MR) is 79.0 cm³/mol. The maximum atomic E-state index is 10.9. The standard InChI is InChI=1S/C15H19N3O2/c1-2-16-8-6-13(7-9-16)17-10-5-12-3-4-14(18(19)20)11-15(12)17/h3-5,10-11,13H,2,6-9H2,1H3. The molecule has 0 amide bonds. The minimum absolute atomic E-state index is 0.170.